The molecule has 1 aliphatic carbocycles. The molecule has 0 fully saturated rings. The number of ketones is 3. The fourth-order valence-corrected chi connectivity index (χ4v) is 5.27. The monoisotopic (exact) mass is 626 g/mol. The highest BCUT2D eigenvalue weighted by Crippen LogP contribution is 2.49. The molecule has 0 saturated carbocycles. The first-order valence-corrected chi connectivity index (χ1v) is 14.1. The van der Waals surface area contributed by atoms with E-state index >= 15 is 0 Å². The second-order valence-electron chi connectivity index (χ2n) is 10.5. The van der Waals surface area contributed by atoms with E-state index in [0.717, 1.165) is 0 Å². The molecular formula is C34H30F4O7. The number of hydrogen-bond acceptors (Lipinski definition) is 7. The van der Waals surface area contributed by atoms with Gasteiger partial charge in [0.25, 0.3) is 0 Å². The molecule has 3 aromatic rings. The van der Waals surface area contributed by atoms with E-state index in [4.69, 9.17) is 9.47 Å². The lowest BCUT2D eigenvalue weighted by Gasteiger charge is -2.21. The highest BCUT2D eigenvalue weighted by atomic mass is 19.1. The number of Topliss-reactive ketones (excluding diaryl/α,β-unsaturated/α-hetero) is 3. The van der Waals surface area contributed by atoms with E-state index in [-0.39, 0.29) is 60.7 Å². The van der Waals surface area contributed by atoms with Crippen LogP contribution in [0.2, 0.25) is 0 Å². The van der Waals surface area contributed by atoms with E-state index in [1.54, 1.807) is 30.3 Å². The molecule has 0 amide bonds. The normalized spacial score (nSPS) is 15.7. The number of benzene rings is 3. The predicted molar refractivity (Wildman–Crippen MR) is 154 cm³/mol. The molecular weight excluding hydrogens is 596 g/mol. The lowest BCUT2D eigenvalue weighted by Crippen LogP contribution is -2.16. The van der Waals surface area contributed by atoms with Crippen LogP contribution in [0.25, 0.3) is 0 Å². The van der Waals surface area contributed by atoms with Crippen molar-refractivity contribution >= 4 is 23.3 Å². The number of esters is 1. The second-order valence-corrected chi connectivity index (χ2v) is 10.5. The van der Waals surface area contributed by atoms with Gasteiger partial charge in [-0.1, -0.05) is 30.3 Å². The standard InChI is InChI=1S/C34H30F4O7/c1-43-31(41)13-12-23(39)10-11-24(40)18-45-30-5-3-4-25(34(30)44-2)26-14-20(19-6-8-21(35)9-7-19)15-27(26)33(42)32-28(37)16-22(36)17-29(32)38/h3-9,15-17,20,26H,10-14,18H2,1-2H3. The zero-order valence-corrected chi connectivity index (χ0v) is 24.5. The maximum absolute atomic E-state index is 14.7. The number of para-hydroxylation sites is 1. The van der Waals surface area contributed by atoms with E-state index in [9.17, 15) is 36.7 Å². The zero-order valence-electron chi connectivity index (χ0n) is 24.5. The van der Waals surface area contributed by atoms with Gasteiger partial charge >= 0.3 is 5.97 Å². The Kier molecular flexibility index (Phi) is 10.9. The van der Waals surface area contributed by atoms with Gasteiger partial charge in [0, 0.05) is 54.4 Å². The van der Waals surface area contributed by atoms with Crippen molar-refractivity contribution in [3.8, 4) is 11.5 Å². The Morgan fingerprint density at radius 2 is 1.44 bits per heavy atom. The van der Waals surface area contributed by atoms with Gasteiger partial charge in [0.1, 0.15) is 35.7 Å². The smallest absolute Gasteiger partial charge is 0.305 e. The number of allylic oxidation sites excluding steroid dienone is 2. The van der Waals surface area contributed by atoms with Gasteiger partial charge < -0.3 is 14.2 Å². The summed E-state index contributed by atoms with van der Waals surface area (Å²) in [7, 11) is 2.57. The Hall–Kier alpha value is -4.80. The van der Waals surface area contributed by atoms with Crippen molar-refractivity contribution < 1.29 is 51.0 Å². The van der Waals surface area contributed by atoms with Crippen molar-refractivity contribution in [1.82, 2.24) is 0 Å². The first-order valence-electron chi connectivity index (χ1n) is 14.1. The lowest BCUT2D eigenvalue weighted by molar-refractivity contribution is -0.141. The maximum Gasteiger partial charge on any atom is 0.305 e. The third-order valence-electron chi connectivity index (χ3n) is 7.54. The van der Waals surface area contributed by atoms with Crippen LogP contribution in [0.15, 0.2) is 66.2 Å². The number of carbonyl (C=O) groups is 4. The zero-order chi connectivity index (χ0) is 32.7. The van der Waals surface area contributed by atoms with Gasteiger partial charge in [-0.05, 0) is 30.2 Å². The summed E-state index contributed by atoms with van der Waals surface area (Å²) in [4.78, 5) is 49.3. The number of rotatable bonds is 14. The summed E-state index contributed by atoms with van der Waals surface area (Å²) < 4.78 is 72.5. The summed E-state index contributed by atoms with van der Waals surface area (Å²) in [6, 6.07) is 11.2. The van der Waals surface area contributed by atoms with Crippen LogP contribution in [0.4, 0.5) is 17.6 Å². The van der Waals surface area contributed by atoms with Crippen LogP contribution in [0.3, 0.4) is 0 Å². The van der Waals surface area contributed by atoms with Crippen LogP contribution >= 0.6 is 0 Å². The Labute approximate surface area is 256 Å². The quantitative estimate of drug-likeness (QED) is 0.113. The topological polar surface area (TPSA) is 96.0 Å². The molecule has 45 heavy (non-hydrogen) atoms. The minimum absolute atomic E-state index is 0.0192. The van der Waals surface area contributed by atoms with E-state index in [0.29, 0.717) is 23.3 Å². The molecule has 0 saturated heterocycles. The van der Waals surface area contributed by atoms with Gasteiger partial charge in [0.2, 0.25) is 0 Å². The number of hydrogen-bond donors (Lipinski definition) is 0. The third kappa shape index (κ3) is 8.03. The number of methoxy groups -OCH3 is 2. The Morgan fingerprint density at radius 1 is 0.800 bits per heavy atom. The molecule has 2 unspecified atom stereocenters. The van der Waals surface area contributed by atoms with Crippen molar-refractivity contribution in [2.45, 2.75) is 43.9 Å². The average Bonchev–Trinajstić information content (AvgIpc) is 3.46. The first kappa shape index (κ1) is 33.1. The van der Waals surface area contributed by atoms with Gasteiger partial charge in [-0.2, -0.15) is 0 Å². The second kappa shape index (κ2) is 14.8. The van der Waals surface area contributed by atoms with E-state index in [1.165, 1.54) is 32.4 Å². The van der Waals surface area contributed by atoms with Crippen LogP contribution in [0.5, 0.6) is 11.5 Å². The van der Waals surface area contributed by atoms with Gasteiger partial charge in [-0.25, -0.2) is 17.6 Å². The summed E-state index contributed by atoms with van der Waals surface area (Å²) in [6.45, 7) is -0.402. The molecule has 0 spiro atoms. The van der Waals surface area contributed by atoms with Crippen LogP contribution in [-0.2, 0) is 19.1 Å². The van der Waals surface area contributed by atoms with E-state index < -0.39 is 59.0 Å². The minimum atomic E-state index is -1.35. The van der Waals surface area contributed by atoms with Crippen LogP contribution < -0.4 is 9.47 Å². The summed E-state index contributed by atoms with van der Waals surface area (Å²) in [5.41, 5.74) is 0.186. The van der Waals surface area contributed by atoms with Crippen LogP contribution in [-0.4, -0.2) is 44.1 Å². The Balaban J connectivity index is 1.59. The Morgan fingerprint density at radius 3 is 2.09 bits per heavy atom. The van der Waals surface area contributed by atoms with Crippen molar-refractivity contribution in [2.24, 2.45) is 0 Å². The fraction of sp³-hybridized carbons (Fsp3) is 0.294. The molecule has 0 radical (unpaired) electrons. The average molecular weight is 627 g/mol. The molecule has 7 nitrogen and oxygen atoms in total. The number of carbonyl (C=O) groups excluding carboxylic acids is 4. The molecule has 11 heteroatoms. The Bertz CT molecular complexity index is 1610. The highest BCUT2D eigenvalue weighted by molar-refractivity contribution is 6.10. The molecule has 236 valence electrons. The molecule has 4 rings (SSSR count). The van der Waals surface area contributed by atoms with Gasteiger partial charge in [-0.3, -0.25) is 19.2 Å². The van der Waals surface area contributed by atoms with Crippen molar-refractivity contribution in [3.05, 3.63) is 106 Å². The molecule has 0 aromatic heterocycles. The molecule has 0 N–H and O–H groups in total. The summed E-state index contributed by atoms with van der Waals surface area (Å²) >= 11 is 0. The SMILES string of the molecule is COC(=O)CCC(=O)CCC(=O)COc1cccc(C2CC(c3ccc(F)cc3)C=C2C(=O)c2c(F)cc(F)cc2F)c1OC. The minimum Gasteiger partial charge on any atom is -0.493 e. The maximum atomic E-state index is 14.7. The van der Waals surface area contributed by atoms with Crippen molar-refractivity contribution in [1.29, 1.82) is 0 Å². The van der Waals surface area contributed by atoms with E-state index in [2.05, 4.69) is 4.74 Å². The summed E-state index contributed by atoms with van der Waals surface area (Å²) in [5, 5.41) is 0. The fourth-order valence-electron chi connectivity index (χ4n) is 5.27. The molecule has 2 atom stereocenters. The van der Waals surface area contributed by atoms with Crippen molar-refractivity contribution in [3.63, 3.8) is 0 Å². The number of halogens is 4. The van der Waals surface area contributed by atoms with E-state index in [1.807, 2.05) is 0 Å². The van der Waals surface area contributed by atoms with Gasteiger partial charge in [-0.15, -0.1) is 0 Å². The molecule has 3 aromatic carbocycles. The van der Waals surface area contributed by atoms with Gasteiger partial charge in [0.15, 0.2) is 23.1 Å². The lowest BCUT2D eigenvalue weighted by atomic mass is 9.86. The van der Waals surface area contributed by atoms with Crippen LogP contribution in [0.1, 0.15) is 65.4 Å². The number of ether oxygens (including phenoxy) is 3. The largest absolute Gasteiger partial charge is 0.493 e. The highest BCUT2D eigenvalue weighted by Gasteiger charge is 2.37. The third-order valence-corrected chi connectivity index (χ3v) is 7.54. The predicted octanol–water partition coefficient (Wildman–Crippen LogP) is 6.58. The van der Waals surface area contributed by atoms with Crippen molar-refractivity contribution in [2.75, 3.05) is 20.8 Å². The molecule has 1 aliphatic rings. The summed E-state index contributed by atoms with van der Waals surface area (Å²) in [5.74, 6) is -7.42. The first-order chi connectivity index (χ1) is 21.5. The van der Waals surface area contributed by atoms with Gasteiger partial charge in [0.05, 0.1) is 26.2 Å². The van der Waals surface area contributed by atoms with Crippen LogP contribution in [0, 0.1) is 23.3 Å². The summed E-state index contributed by atoms with van der Waals surface area (Å²) in [6.07, 6.45) is 1.49. The molecule has 0 aliphatic heterocycles. The molecule has 0 heterocycles. The molecule has 0 bridgehead atoms.